The number of carbonyl (C=O) groups is 1. The fourth-order valence-electron chi connectivity index (χ4n) is 2.07. The van der Waals surface area contributed by atoms with Gasteiger partial charge in [-0.15, -0.1) is 0 Å². The Hall–Kier alpha value is -0.660. The molecule has 0 spiro atoms. The minimum absolute atomic E-state index is 0.0840. The summed E-state index contributed by atoms with van der Waals surface area (Å²) in [5.74, 6) is -0.00857. The summed E-state index contributed by atoms with van der Waals surface area (Å²) in [4.78, 5) is 13.7. The van der Waals surface area contributed by atoms with Crippen LogP contribution in [-0.4, -0.2) is 50.7 Å². The molecule has 7 heteroatoms. The molecule has 6 nitrogen and oxygen atoms in total. The first kappa shape index (κ1) is 15.4. The third kappa shape index (κ3) is 4.55. The highest BCUT2D eigenvalue weighted by molar-refractivity contribution is 7.88. The van der Waals surface area contributed by atoms with Gasteiger partial charge in [-0.3, -0.25) is 4.79 Å². The second-order valence-corrected chi connectivity index (χ2v) is 7.06. The Labute approximate surface area is 109 Å². The second kappa shape index (κ2) is 5.99. The van der Waals surface area contributed by atoms with Crippen LogP contribution in [0, 0.1) is 5.92 Å². The van der Waals surface area contributed by atoms with Gasteiger partial charge in [-0.2, -0.15) is 0 Å². The van der Waals surface area contributed by atoms with Crippen molar-refractivity contribution in [2.45, 2.75) is 38.8 Å². The smallest absolute Gasteiger partial charge is 0.239 e. The first-order chi connectivity index (χ1) is 8.20. The van der Waals surface area contributed by atoms with Crippen molar-refractivity contribution >= 4 is 15.9 Å². The number of piperidine rings is 1. The molecule has 0 aliphatic carbocycles. The van der Waals surface area contributed by atoms with E-state index in [1.165, 1.54) is 0 Å². The van der Waals surface area contributed by atoms with Crippen molar-refractivity contribution in [3.05, 3.63) is 0 Å². The normalized spacial score (nSPS) is 23.2. The van der Waals surface area contributed by atoms with E-state index in [0.29, 0.717) is 13.1 Å². The number of likely N-dealkylation sites (tertiary alicyclic amines) is 1. The molecule has 1 unspecified atom stereocenters. The highest BCUT2D eigenvalue weighted by Crippen LogP contribution is 2.13. The van der Waals surface area contributed by atoms with Gasteiger partial charge < -0.3 is 10.6 Å². The molecule has 1 aliphatic rings. The molecule has 106 valence electrons. The Morgan fingerprint density at radius 2 is 2.06 bits per heavy atom. The largest absolute Gasteiger partial charge is 0.340 e. The zero-order chi connectivity index (χ0) is 13.9. The van der Waals surface area contributed by atoms with Gasteiger partial charge in [0.1, 0.15) is 0 Å². The number of sulfonamides is 1. The zero-order valence-corrected chi connectivity index (χ0v) is 12.0. The van der Waals surface area contributed by atoms with Crippen molar-refractivity contribution in [3.63, 3.8) is 0 Å². The maximum atomic E-state index is 12.1. The Kier molecular flexibility index (Phi) is 5.12. The van der Waals surface area contributed by atoms with Crippen LogP contribution in [0.15, 0.2) is 0 Å². The fraction of sp³-hybridized carbons (Fsp3) is 0.909. The average Bonchev–Trinajstić information content (AvgIpc) is 2.25. The number of hydrogen-bond acceptors (Lipinski definition) is 4. The highest BCUT2D eigenvalue weighted by atomic mass is 32.2. The summed E-state index contributed by atoms with van der Waals surface area (Å²) in [6.07, 6.45) is 2.69. The molecule has 0 radical (unpaired) electrons. The molecule has 1 fully saturated rings. The number of hydrogen-bond donors (Lipinski definition) is 2. The molecule has 0 bridgehead atoms. The Morgan fingerprint density at radius 3 is 2.56 bits per heavy atom. The van der Waals surface area contributed by atoms with E-state index in [2.05, 4.69) is 4.72 Å². The molecule has 18 heavy (non-hydrogen) atoms. The lowest BCUT2D eigenvalue weighted by Gasteiger charge is -2.34. The van der Waals surface area contributed by atoms with E-state index in [1.54, 1.807) is 4.90 Å². The highest BCUT2D eigenvalue weighted by Gasteiger charge is 2.29. The predicted octanol–water partition coefficient (Wildman–Crippen LogP) is -0.490. The summed E-state index contributed by atoms with van der Waals surface area (Å²) in [6, 6.07) is -0.709. The van der Waals surface area contributed by atoms with E-state index < -0.39 is 16.1 Å². The molecule has 0 aromatic carbocycles. The zero-order valence-electron chi connectivity index (χ0n) is 11.2. The Balaban J connectivity index is 2.61. The standard InChI is InChI=1S/C11H23N3O3S/c1-8(2)10(12)11(15)14-6-4-5-9(7-14)13-18(3,16)17/h8-10,13H,4-7,12H2,1-3H3/t9?,10-/m1/s1. The van der Waals surface area contributed by atoms with Gasteiger partial charge in [0.25, 0.3) is 0 Å². The summed E-state index contributed by atoms with van der Waals surface area (Å²) in [6.45, 7) is 4.87. The van der Waals surface area contributed by atoms with Crippen molar-refractivity contribution < 1.29 is 13.2 Å². The minimum atomic E-state index is -3.23. The number of nitrogens with one attached hydrogen (secondary N) is 1. The van der Waals surface area contributed by atoms with E-state index in [0.717, 1.165) is 19.1 Å². The van der Waals surface area contributed by atoms with E-state index in [1.807, 2.05) is 13.8 Å². The molecular formula is C11H23N3O3S. The predicted molar refractivity (Wildman–Crippen MR) is 70.4 cm³/mol. The van der Waals surface area contributed by atoms with E-state index in [4.69, 9.17) is 5.73 Å². The van der Waals surface area contributed by atoms with Crippen LogP contribution in [0.1, 0.15) is 26.7 Å². The van der Waals surface area contributed by atoms with Crippen LogP contribution >= 0.6 is 0 Å². The minimum Gasteiger partial charge on any atom is -0.340 e. The lowest BCUT2D eigenvalue weighted by molar-refractivity contribution is -0.134. The molecule has 1 heterocycles. The van der Waals surface area contributed by atoms with E-state index in [-0.39, 0.29) is 17.9 Å². The third-order valence-electron chi connectivity index (χ3n) is 3.12. The fourth-order valence-corrected chi connectivity index (χ4v) is 2.87. The van der Waals surface area contributed by atoms with Crippen LogP contribution < -0.4 is 10.5 Å². The molecule has 0 saturated carbocycles. The topological polar surface area (TPSA) is 92.5 Å². The van der Waals surface area contributed by atoms with Gasteiger partial charge in [0.05, 0.1) is 12.3 Å². The van der Waals surface area contributed by atoms with Crippen LogP contribution in [0.3, 0.4) is 0 Å². The second-order valence-electron chi connectivity index (χ2n) is 5.28. The number of amides is 1. The van der Waals surface area contributed by atoms with Crippen molar-refractivity contribution in [2.24, 2.45) is 11.7 Å². The van der Waals surface area contributed by atoms with Crippen LogP contribution in [0.25, 0.3) is 0 Å². The molecular weight excluding hydrogens is 254 g/mol. The molecule has 1 amide bonds. The summed E-state index contributed by atoms with van der Waals surface area (Å²) >= 11 is 0. The first-order valence-electron chi connectivity index (χ1n) is 6.22. The Morgan fingerprint density at radius 1 is 1.44 bits per heavy atom. The third-order valence-corrected chi connectivity index (χ3v) is 3.88. The first-order valence-corrected chi connectivity index (χ1v) is 8.11. The summed E-state index contributed by atoms with van der Waals surface area (Å²) in [5, 5.41) is 0. The summed E-state index contributed by atoms with van der Waals surface area (Å²) < 4.78 is 24.9. The SMILES string of the molecule is CC(C)[C@@H](N)C(=O)N1CCCC(NS(C)(=O)=O)C1. The van der Waals surface area contributed by atoms with Gasteiger partial charge >= 0.3 is 0 Å². The van der Waals surface area contributed by atoms with Crippen molar-refractivity contribution in [3.8, 4) is 0 Å². The molecule has 1 saturated heterocycles. The maximum absolute atomic E-state index is 12.1. The molecule has 0 aromatic heterocycles. The number of carbonyl (C=O) groups excluding carboxylic acids is 1. The van der Waals surface area contributed by atoms with Crippen molar-refractivity contribution in [2.75, 3.05) is 19.3 Å². The Bertz CT molecular complexity index is 394. The summed E-state index contributed by atoms with van der Waals surface area (Å²) in [5.41, 5.74) is 5.83. The van der Waals surface area contributed by atoms with Crippen LogP contribution in [0.4, 0.5) is 0 Å². The van der Waals surface area contributed by atoms with Gasteiger partial charge in [-0.05, 0) is 18.8 Å². The lowest BCUT2D eigenvalue weighted by atomic mass is 10.0. The molecule has 1 aliphatic heterocycles. The number of nitrogens with zero attached hydrogens (tertiary/aromatic N) is 1. The molecule has 2 atom stereocenters. The molecule has 3 N–H and O–H groups in total. The van der Waals surface area contributed by atoms with Crippen LogP contribution in [0.2, 0.25) is 0 Å². The summed E-state index contributed by atoms with van der Waals surface area (Å²) in [7, 11) is -3.23. The number of nitrogens with two attached hydrogens (primary N) is 1. The van der Waals surface area contributed by atoms with E-state index >= 15 is 0 Å². The quantitative estimate of drug-likeness (QED) is 0.725. The molecule has 1 rings (SSSR count). The van der Waals surface area contributed by atoms with Crippen LogP contribution in [0.5, 0.6) is 0 Å². The van der Waals surface area contributed by atoms with Gasteiger partial charge in [-0.1, -0.05) is 13.8 Å². The maximum Gasteiger partial charge on any atom is 0.239 e. The lowest BCUT2D eigenvalue weighted by Crippen LogP contribution is -2.54. The van der Waals surface area contributed by atoms with Crippen molar-refractivity contribution in [1.82, 2.24) is 9.62 Å². The van der Waals surface area contributed by atoms with E-state index in [9.17, 15) is 13.2 Å². The number of rotatable bonds is 4. The average molecular weight is 277 g/mol. The van der Waals surface area contributed by atoms with Crippen molar-refractivity contribution in [1.29, 1.82) is 0 Å². The van der Waals surface area contributed by atoms with Gasteiger partial charge in [-0.25, -0.2) is 13.1 Å². The van der Waals surface area contributed by atoms with Crippen LogP contribution in [-0.2, 0) is 14.8 Å². The molecule has 0 aromatic rings. The monoisotopic (exact) mass is 277 g/mol. The van der Waals surface area contributed by atoms with Gasteiger partial charge in [0.15, 0.2) is 0 Å². The van der Waals surface area contributed by atoms with Gasteiger partial charge in [0.2, 0.25) is 15.9 Å². The van der Waals surface area contributed by atoms with Gasteiger partial charge in [0, 0.05) is 19.1 Å².